The fraction of sp³-hybridized carbons (Fsp3) is 0.250. The highest BCUT2D eigenvalue weighted by Crippen LogP contribution is 2.21. The van der Waals surface area contributed by atoms with Crippen molar-refractivity contribution in [2.75, 3.05) is 24.9 Å². The van der Waals surface area contributed by atoms with E-state index in [9.17, 15) is 8.42 Å². The Hall–Kier alpha value is -1.31. The van der Waals surface area contributed by atoms with Crippen LogP contribution in [0, 0.1) is 0 Å². The fourth-order valence-corrected chi connectivity index (χ4v) is 1.65. The summed E-state index contributed by atoms with van der Waals surface area (Å²) in [5.74, 6) is 0. The minimum atomic E-state index is -4.25. The number of rotatable bonds is 4. The molecular formula is C8H12N2O4S. The van der Waals surface area contributed by atoms with E-state index < -0.39 is 10.1 Å². The summed E-state index contributed by atoms with van der Waals surface area (Å²) >= 11 is 0. The summed E-state index contributed by atoms with van der Waals surface area (Å²) in [5, 5.41) is 2.84. The van der Waals surface area contributed by atoms with E-state index in [4.69, 9.17) is 15.0 Å². The van der Waals surface area contributed by atoms with Crippen LogP contribution < -0.4 is 11.1 Å². The van der Waals surface area contributed by atoms with Crippen LogP contribution in [0.3, 0.4) is 0 Å². The number of hydrogen-bond acceptors (Lipinski definition) is 5. The van der Waals surface area contributed by atoms with Crippen LogP contribution in [0.2, 0.25) is 0 Å². The van der Waals surface area contributed by atoms with Crippen LogP contribution in [0.4, 0.5) is 11.4 Å². The van der Waals surface area contributed by atoms with Gasteiger partial charge in [-0.15, -0.1) is 0 Å². The lowest BCUT2D eigenvalue weighted by Crippen LogP contribution is -2.06. The zero-order chi connectivity index (χ0) is 11.5. The zero-order valence-corrected chi connectivity index (χ0v) is 8.91. The zero-order valence-electron chi connectivity index (χ0n) is 8.10. The molecule has 84 valence electrons. The highest BCUT2D eigenvalue weighted by atomic mass is 32.2. The van der Waals surface area contributed by atoms with Gasteiger partial charge in [0.2, 0.25) is 0 Å². The smallest absolute Gasteiger partial charge is 0.296 e. The average molecular weight is 232 g/mol. The lowest BCUT2D eigenvalue weighted by molar-refractivity contribution is 0.221. The summed E-state index contributed by atoms with van der Waals surface area (Å²) in [6.07, 6.45) is 0. The van der Waals surface area contributed by atoms with Crippen LogP contribution in [0.5, 0.6) is 0 Å². The molecular weight excluding hydrogens is 220 g/mol. The molecule has 0 amide bonds. The number of hydrogen-bond donors (Lipinski definition) is 3. The number of anilines is 2. The molecule has 0 aliphatic rings. The monoisotopic (exact) mass is 232 g/mol. The van der Waals surface area contributed by atoms with Crippen LogP contribution in [0.15, 0.2) is 23.1 Å². The van der Waals surface area contributed by atoms with Gasteiger partial charge in [-0.25, -0.2) is 0 Å². The van der Waals surface area contributed by atoms with Gasteiger partial charge in [-0.3, -0.25) is 4.55 Å². The molecule has 0 aliphatic carbocycles. The molecule has 0 saturated carbocycles. The van der Waals surface area contributed by atoms with Crippen molar-refractivity contribution in [1.82, 2.24) is 0 Å². The Morgan fingerprint density at radius 1 is 1.53 bits per heavy atom. The SMILES string of the molecule is COCNc1ccc(S(=O)(=O)O)c(N)c1. The van der Waals surface area contributed by atoms with Gasteiger partial charge >= 0.3 is 0 Å². The summed E-state index contributed by atoms with van der Waals surface area (Å²) in [5.41, 5.74) is 6.06. The minimum absolute atomic E-state index is 0.0152. The van der Waals surface area contributed by atoms with Gasteiger partial charge in [-0.1, -0.05) is 0 Å². The predicted molar refractivity (Wildman–Crippen MR) is 56.2 cm³/mol. The van der Waals surface area contributed by atoms with Crippen molar-refractivity contribution >= 4 is 21.5 Å². The third-order valence-electron chi connectivity index (χ3n) is 1.71. The van der Waals surface area contributed by atoms with Crippen molar-refractivity contribution in [3.05, 3.63) is 18.2 Å². The molecule has 15 heavy (non-hydrogen) atoms. The van der Waals surface area contributed by atoms with Gasteiger partial charge in [0.05, 0.1) is 5.69 Å². The lowest BCUT2D eigenvalue weighted by Gasteiger charge is -2.07. The topological polar surface area (TPSA) is 102 Å². The normalized spacial score (nSPS) is 11.3. The van der Waals surface area contributed by atoms with Crippen molar-refractivity contribution in [3.8, 4) is 0 Å². The fourth-order valence-electron chi connectivity index (χ4n) is 1.05. The van der Waals surface area contributed by atoms with Gasteiger partial charge in [0.1, 0.15) is 11.6 Å². The molecule has 0 aliphatic heterocycles. The second kappa shape index (κ2) is 4.47. The molecule has 7 heteroatoms. The Morgan fingerprint density at radius 3 is 2.67 bits per heavy atom. The van der Waals surface area contributed by atoms with Gasteiger partial charge in [0, 0.05) is 12.8 Å². The van der Waals surface area contributed by atoms with Crippen LogP contribution in [0.25, 0.3) is 0 Å². The Balaban J connectivity index is 2.99. The van der Waals surface area contributed by atoms with E-state index in [-0.39, 0.29) is 17.3 Å². The maximum atomic E-state index is 10.8. The van der Waals surface area contributed by atoms with Crippen LogP contribution >= 0.6 is 0 Å². The van der Waals surface area contributed by atoms with Crippen molar-refractivity contribution < 1.29 is 17.7 Å². The Morgan fingerprint density at radius 2 is 2.20 bits per heavy atom. The summed E-state index contributed by atoms with van der Waals surface area (Å²) in [6, 6.07) is 4.11. The summed E-state index contributed by atoms with van der Waals surface area (Å²) in [6.45, 7) is 0.282. The maximum Gasteiger partial charge on any atom is 0.296 e. The van der Waals surface area contributed by atoms with Gasteiger partial charge in [0.25, 0.3) is 10.1 Å². The molecule has 0 bridgehead atoms. The Labute approximate surface area is 87.8 Å². The van der Waals surface area contributed by atoms with E-state index in [0.717, 1.165) is 0 Å². The molecule has 1 aromatic rings. The molecule has 0 atom stereocenters. The molecule has 1 aromatic carbocycles. The standard InChI is InChI=1S/C8H12N2O4S/c1-14-5-10-6-2-3-8(7(9)4-6)15(11,12)13/h2-4,10H,5,9H2,1H3,(H,11,12,13). The second-order valence-corrected chi connectivity index (χ2v) is 4.23. The second-order valence-electron chi connectivity index (χ2n) is 2.84. The molecule has 0 saturated heterocycles. The molecule has 4 N–H and O–H groups in total. The number of nitrogens with one attached hydrogen (secondary N) is 1. The number of methoxy groups -OCH3 is 1. The van der Waals surface area contributed by atoms with E-state index in [0.29, 0.717) is 5.69 Å². The van der Waals surface area contributed by atoms with Gasteiger partial charge in [-0.2, -0.15) is 8.42 Å². The summed E-state index contributed by atoms with van der Waals surface area (Å²) in [7, 11) is -2.74. The van der Waals surface area contributed by atoms with Gasteiger partial charge in [-0.05, 0) is 18.2 Å². The predicted octanol–water partition coefficient (Wildman–Crippen LogP) is 0.531. The van der Waals surface area contributed by atoms with Crippen LogP contribution in [0.1, 0.15) is 0 Å². The molecule has 0 radical (unpaired) electrons. The molecule has 0 fully saturated rings. The highest BCUT2D eigenvalue weighted by molar-refractivity contribution is 7.86. The molecule has 0 unspecified atom stereocenters. The Kier molecular flexibility index (Phi) is 3.51. The number of nitrogen functional groups attached to an aromatic ring is 1. The quantitative estimate of drug-likeness (QED) is 0.397. The first kappa shape index (κ1) is 11.8. The van der Waals surface area contributed by atoms with E-state index in [1.165, 1.54) is 25.3 Å². The minimum Gasteiger partial charge on any atom is -0.398 e. The van der Waals surface area contributed by atoms with E-state index in [2.05, 4.69) is 5.32 Å². The third-order valence-corrected chi connectivity index (χ3v) is 2.64. The third kappa shape index (κ3) is 3.08. The van der Waals surface area contributed by atoms with Crippen LogP contribution in [-0.4, -0.2) is 26.8 Å². The van der Waals surface area contributed by atoms with Crippen molar-refractivity contribution in [3.63, 3.8) is 0 Å². The molecule has 0 spiro atoms. The van der Waals surface area contributed by atoms with E-state index in [1.807, 2.05) is 0 Å². The number of benzene rings is 1. The van der Waals surface area contributed by atoms with E-state index in [1.54, 1.807) is 0 Å². The number of ether oxygens (including phenoxy) is 1. The van der Waals surface area contributed by atoms with Gasteiger partial charge < -0.3 is 15.8 Å². The first-order chi connectivity index (χ1) is 6.95. The molecule has 0 aromatic heterocycles. The number of nitrogens with two attached hydrogens (primary N) is 1. The highest BCUT2D eigenvalue weighted by Gasteiger charge is 2.13. The molecule has 6 nitrogen and oxygen atoms in total. The van der Waals surface area contributed by atoms with Crippen molar-refractivity contribution in [1.29, 1.82) is 0 Å². The molecule has 0 heterocycles. The molecule has 1 rings (SSSR count). The maximum absolute atomic E-state index is 10.8. The van der Waals surface area contributed by atoms with Crippen LogP contribution in [-0.2, 0) is 14.9 Å². The average Bonchev–Trinajstić information content (AvgIpc) is 2.12. The van der Waals surface area contributed by atoms with Crippen molar-refractivity contribution in [2.45, 2.75) is 4.90 Å². The Bertz CT molecular complexity index is 444. The first-order valence-corrected chi connectivity index (χ1v) is 5.49. The first-order valence-electron chi connectivity index (χ1n) is 4.05. The summed E-state index contributed by atoms with van der Waals surface area (Å²) in [4.78, 5) is -0.300. The largest absolute Gasteiger partial charge is 0.398 e. The lowest BCUT2D eigenvalue weighted by atomic mass is 10.3. The van der Waals surface area contributed by atoms with E-state index >= 15 is 0 Å². The van der Waals surface area contributed by atoms with Crippen molar-refractivity contribution in [2.24, 2.45) is 0 Å². The van der Waals surface area contributed by atoms with Gasteiger partial charge in [0.15, 0.2) is 0 Å². The summed E-state index contributed by atoms with van der Waals surface area (Å²) < 4.78 is 35.2.